The molecule has 128 valence electrons. The summed E-state index contributed by atoms with van der Waals surface area (Å²) >= 11 is 0. The summed E-state index contributed by atoms with van der Waals surface area (Å²) in [5.41, 5.74) is 3.16. The van der Waals surface area contributed by atoms with Crippen molar-refractivity contribution in [2.75, 3.05) is 23.0 Å². The molecule has 3 rings (SSSR count). The third-order valence-corrected chi connectivity index (χ3v) is 4.15. The fourth-order valence-corrected chi connectivity index (χ4v) is 2.68. The number of fused-ring (bicyclic) bond motifs is 1. The maximum absolute atomic E-state index is 12.4. The van der Waals surface area contributed by atoms with E-state index in [2.05, 4.69) is 16.0 Å². The first-order valence-corrected chi connectivity index (χ1v) is 7.89. The van der Waals surface area contributed by atoms with Gasteiger partial charge in [-0.1, -0.05) is 24.3 Å². The monoisotopic (exact) mass is 337 g/mol. The maximum atomic E-state index is 12.4. The molecule has 0 atom stereocenters. The van der Waals surface area contributed by atoms with Crippen LogP contribution in [0.3, 0.4) is 0 Å². The molecule has 0 saturated carbocycles. The van der Waals surface area contributed by atoms with Crippen molar-refractivity contribution < 1.29 is 9.21 Å². The predicted molar refractivity (Wildman–Crippen MR) is 101 cm³/mol. The fourth-order valence-electron chi connectivity index (χ4n) is 2.68. The van der Waals surface area contributed by atoms with E-state index in [1.54, 1.807) is 19.2 Å². The van der Waals surface area contributed by atoms with Crippen LogP contribution in [0.1, 0.15) is 11.1 Å². The van der Waals surface area contributed by atoms with Crippen LogP contribution >= 0.6 is 0 Å². The molecule has 0 unspecified atom stereocenters. The Balaban J connectivity index is 1.95. The standard InChI is InChI=1S/C19H19N3O3/c1-11-7-6-9-14(12(11)2)21-19(24)22-17-16(20-3)13-8-4-5-10-15(13)25-18(17)23/h4-10,20H,1-3H3,(H2,21,22,24). The first kappa shape index (κ1) is 16.6. The minimum absolute atomic E-state index is 0.0732. The van der Waals surface area contributed by atoms with Crippen molar-refractivity contribution >= 4 is 34.1 Å². The third-order valence-electron chi connectivity index (χ3n) is 4.15. The Hall–Kier alpha value is -3.28. The second-order valence-corrected chi connectivity index (χ2v) is 5.71. The maximum Gasteiger partial charge on any atom is 0.362 e. The Morgan fingerprint density at radius 3 is 2.48 bits per heavy atom. The van der Waals surface area contributed by atoms with Gasteiger partial charge < -0.3 is 15.1 Å². The van der Waals surface area contributed by atoms with Gasteiger partial charge >= 0.3 is 11.7 Å². The Kier molecular flexibility index (Phi) is 4.43. The zero-order chi connectivity index (χ0) is 18.0. The lowest BCUT2D eigenvalue weighted by Crippen LogP contribution is -2.24. The Labute approximate surface area is 144 Å². The summed E-state index contributed by atoms with van der Waals surface area (Å²) in [7, 11) is 1.69. The van der Waals surface area contributed by atoms with Crippen molar-refractivity contribution in [3.63, 3.8) is 0 Å². The highest BCUT2D eigenvalue weighted by Crippen LogP contribution is 2.28. The molecule has 0 spiro atoms. The van der Waals surface area contributed by atoms with Crippen LogP contribution in [-0.4, -0.2) is 13.1 Å². The molecular formula is C19H19N3O3. The number of anilines is 3. The van der Waals surface area contributed by atoms with E-state index in [1.165, 1.54) is 0 Å². The molecule has 3 N–H and O–H groups in total. The number of carbonyl (C=O) groups excluding carboxylic acids is 1. The molecule has 6 heteroatoms. The van der Waals surface area contributed by atoms with Crippen LogP contribution in [0.5, 0.6) is 0 Å². The Morgan fingerprint density at radius 2 is 1.72 bits per heavy atom. The Bertz CT molecular complexity index is 1010. The van der Waals surface area contributed by atoms with E-state index >= 15 is 0 Å². The number of rotatable bonds is 3. The van der Waals surface area contributed by atoms with Gasteiger partial charge in [-0.2, -0.15) is 0 Å². The highest BCUT2D eigenvalue weighted by atomic mass is 16.4. The average Bonchev–Trinajstić information content (AvgIpc) is 2.59. The van der Waals surface area contributed by atoms with E-state index in [0.29, 0.717) is 22.3 Å². The van der Waals surface area contributed by atoms with Gasteiger partial charge in [0.05, 0.1) is 5.69 Å². The number of nitrogens with one attached hydrogen (secondary N) is 3. The summed E-state index contributed by atoms with van der Waals surface area (Å²) in [6, 6.07) is 12.3. The van der Waals surface area contributed by atoms with Gasteiger partial charge in [-0.3, -0.25) is 5.32 Å². The van der Waals surface area contributed by atoms with Crippen LogP contribution in [0.25, 0.3) is 11.0 Å². The summed E-state index contributed by atoms with van der Waals surface area (Å²) in [4.78, 5) is 24.6. The highest BCUT2D eigenvalue weighted by molar-refractivity contribution is 6.05. The van der Waals surface area contributed by atoms with Gasteiger partial charge in [0.2, 0.25) is 0 Å². The molecule has 25 heavy (non-hydrogen) atoms. The molecule has 1 heterocycles. The second kappa shape index (κ2) is 6.68. The SMILES string of the molecule is CNc1c(NC(=O)Nc2cccc(C)c2C)c(=O)oc2ccccc12. The highest BCUT2D eigenvalue weighted by Gasteiger charge is 2.16. The Morgan fingerprint density at radius 1 is 0.960 bits per heavy atom. The molecule has 0 radical (unpaired) electrons. The van der Waals surface area contributed by atoms with E-state index in [0.717, 1.165) is 11.1 Å². The van der Waals surface area contributed by atoms with E-state index in [1.807, 2.05) is 44.2 Å². The van der Waals surface area contributed by atoms with Gasteiger partial charge in [0.25, 0.3) is 0 Å². The van der Waals surface area contributed by atoms with Crippen LogP contribution in [-0.2, 0) is 0 Å². The molecule has 2 amide bonds. The van der Waals surface area contributed by atoms with Crippen LogP contribution in [0, 0.1) is 13.8 Å². The first-order valence-electron chi connectivity index (χ1n) is 7.89. The quantitative estimate of drug-likeness (QED) is 0.628. The third kappa shape index (κ3) is 3.19. The normalized spacial score (nSPS) is 10.5. The lowest BCUT2D eigenvalue weighted by atomic mass is 10.1. The van der Waals surface area contributed by atoms with Crippen LogP contribution in [0.2, 0.25) is 0 Å². The van der Waals surface area contributed by atoms with Crippen LogP contribution < -0.4 is 21.6 Å². The minimum atomic E-state index is -0.612. The van der Waals surface area contributed by atoms with E-state index in [-0.39, 0.29) is 5.69 Å². The predicted octanol–water partition coefficient (Wildman–Crippen LogP) is 4.10. The molecule has 0 fully saturated rings. The number of hydrogen-bond acceptors (Lipinski definition) is 4. The largest absolute Gasteiger partial charge is 0.421 e. The summed E-state index contributed by atoms with van der Waals surface area (Å²) in [6.07, 6.45) is 0. The molecule has 3 aromatic rings. The summed E-state index contributed by atoms with van der Waals surface area (Å²) < 4.78 is 5.29. The number of urea groups is 1. The average molecular weight is 337 g/mol. The van der Waals surface area contributed by atoms with Crippen molar-refractivity contribution in [1.29, 1.82) is 0 Å². The van der Waals surface area contributed by atoms with Crippen molar-refractivity contribution in [3.05, 3.63) is 64.0 Å². The molecule has 0 saturated heterocycles. The topological polar surface area (TPSA) is 83.4 Å². The van der Waals surface area contributed by atoms with Gasteiger partial charge in [-0.05, 0) is 43.2 Å². The molecule has 6 nitrogen and oxygen atoms in total. The second-order valence-electron chi connectivity index (χ2n) is 5.71. The van der Waals surface area contributed by atoms with Crippen molar-refractivity contribution in [3.8, 4) is 0 Å². The number of amides is 2. The van der Waals surface area contributed by atoms with Gasteiger partial charge in [0.1, 0.15) is 5.58 Å². The van der Waals surface area contributed by atoms with E-state index in [9.17, 15) is 9.59 Å². The first-order chi connectivity index (χ1) is 12.0. The van der Waals surface area contributed by atoms with Gasteiger partial charge in [0, 0.05) is 18.1 Å². The summed E-state index contributed by atoms with van der Waals surface area (Å²) in [6.45, 7) is 3.89. The number of aryl methyl sites for hydroxylation is 1. The summed E-state index contributed by atoms with van der Waals surface area (Å²) in [5.74, 6) is 0. The van der Waals surface area contributed by atoms with Crippen LogP contribution in [0.15, 0.2) is 51.7 Å². The lowest BCUT2D eigenvalue weighted by molar-refractivity contribution is 0.262. The molecule has 0 aliphatic rings. The minimum Gasteiger partial charge on any atom is -0.421 e. The van der Waals surface area contributed by atoms with Gasteiger partial charge in [-0.25, -0.2) is 9.59 Å². The van der Waals surface area contributed by atoms with E-state index in [4.69, 9.17) is 4.42 Å². The van der Waals surface area contributed by atoms with E-state index < -0.39 is 11.7 Å². The lowest BCUT2D eigenvalue weighted by Gasteiger charge is -2.14. The number of benzene rings is 2. The van der Waals surface area contributed by atoms with Crippen molar-refractivity contribution in [2.45, 2.75) is 13.8 Å². The molecule has 0 aliphatic carbocycles. The zero-order valence-electron chi connectivity index (χ0n) is 14.3. The van der Waals surface area contributed by atoms with Crippen molar-refractivity contribution in [1.82, 2.24) is 0 Å². The molecule has 0 aliphatic heterocycles. The molecule has 1 aromatic heterocycles. The zero-order valence-corrected chi connectivity index (χ0v) is 14.3. The van der Waals surface area contributed by atoms with Gasteiger partial charge in [-0.15, -0.1) is 0 Å². The smallest absolute Gasteiger partial charge is 0.362 e. The number of hydrogen-bond donors (Lipinski definition) is 3. The molecule has 2 aromatic carbocycles. The van der Waals surface area contributed by atoms with Gasteiger partial charge in [0.15, 0.2) is 5.69 Å². The fraction of sp³-hybridized carbons (Fsp3) is 0.158. The summed E-state index contributed by atoms with van der Waals surface area (Å²) in [5, 5.41) is 9.05. The number of para-hydroxylation sites is 1. The molecule has 0 bridgehead atoms. The van der Waals surface area contributed by atoms with Crippen LogP contribution in [0.4, 0.5) is 21.9 Å². The van der Waals surface area contributed by atoms with Crippen molar-refractivity contribution in [2.24, 2.45) is 0 Å². The number of carbonyl (C=O) groups is 1. The molecular weight excluding hydrogens is 318 g/mol.